The van der Waals surface area contributed by atoms with Gasteiger partial charge in [0.1, 0.15) is 5.76 Å². The number of carbonyl (C=O) groups excluding carboxylic acids is 2. The van der Waals surface area contributed by atoms with Crippen LogP contribution in [0.1, 0.15) is 45.8 Å². The van der Waals surface area contributed by atoms with Crippen molar-refractivity contribution < 1.29 is 14.0 Å². The van der Waals surface area contributed by atoms with Crippen LogP contribution < -0.4 is 11.0 Å². The minimum atomic E-state index is -0.519. The highest BCUT2D eigenvalue weighted by atomic mass is 16.4. The van der Waals surface area contributed by atoms with E-state index < -0.39 is 11.6 Å². The van der Waals surface area contributed by atoms with Crippen LogP contribution in [-0.2, 0) is 0 Å². The molecule has 25 heavy (non-hydrogen) atoms. The molecule has 0 aliphatic carbocycles. The molecule has 9 heteroatoms. The van der Waals surface area contributed by atoms with Crippen LogP contribution in [0, 0.1) is 19.8 Å². The molecule has 3 rings (SSSR count). The van der Waals surface area contributed by atoms with Gasteiger partial charge in [0, 0.05) is 19.1 Å². The van der Waals surface area contributed by atoms with Crippen molar-refractivity contribution in [3.05, 3.63) is 39.5 Å². The Labute approximate surface area is 143 Å². The highest BCUT2D eigenvalue weighted by Crippen LogP contribution is 2.24. The van der Waals surface area contributed by atoms with Crippen molar-refractivity contribution in [3.63, 3.8) is 0 Å². The van der Waals surface area contributed by atoms with Gasteiger partial charge >= 0.3 is 5.69 Å². The number of aromatic nitrogens is 3. The van der Waals surface area contributed by atoms with Crippen molar-refractivity contribution in [1.29, 1.82) is 0 Å². The second-order valence-corrected chi connectivity index (χ2v) is 6.56. The second kappa shape index (κ2) is 6.58. The van der Waals surface area contributed by atoms with Crippen molar-refractivity contribution in [2.24, 2.45) is 5.92 Å². The lowest BCUT2D eigenvalue weighted by Crippen LogP contribution is -2.51. The number of carbonyl (C=O) groups is 2. The fourth-order valence-electron chi connectivity index (χ4n) is 2.95. The lowest BCUT2D eigenvalue weighted by molar-refractivity contribution is 0.0432. The molecule has 0 bridgehead atoms. The fourth-order valence-corrected chi connectivity index (χ4v) is 2.95. The lowest BCUT2D eigenvalue weighted by Gasteiger charge is -2.40. The van der Waals surface area contributed by atoms with Crippen LogP contribution in [0.2, 0.25) is 0 Å². The molecule has 0 aromatic carbocycles. The van der Waals surface area contributed by atoms with Gasteiger partial charge in [0.25, 0.3) is 11.8 Å². The summed E-state index contributed by atoms with van der Waals surface area (Å²) in [7, 11) is 0. The smallest absolute Gasteiger partial charge is 0.341 e. The molecule has 1 aliphatic rings. The van der Waals surface area contributed by atoms with Crippen LogP contribution in [0.15, 0.2) is 15.3 Å². The van der Waals surface area contributed by atoms with Gasteiger partial charge in [-0.25, -0.2) is 9.89 Å². The van der Waals surface area contributed by atoms with Gasteiger partial charge in [-0.05, 0) is 44.7 Å². The van der Waals surface area contributed by atoms with E-state index in [4.69, 9.17) is 4.42 Å². The first-order chi connectivity index (χ1) is 11.8. The number of nitrogens with zero attached hydrogens (tertiary/aromatic N) is 2. The topological polar surface area (TPSA) is 124 Å². The van der Waals surface area contributed by atoms with Crippen LogP contribution in [0.5, 0.6) is 0 Å². The summed E-state index contributed by atoms with van der Waals surface area (Å²) in [6.45, 7) is 6.90. The van der Waals surface area contributed by atoms with Crippen LogP contribution in [0.25, 0.3) is 0 Å². The number of aryl methyl sites for hydroxylation is 2. The predicted octanol–water partition coefficient (Wildman–Crippen LogP) is 0.588. The fraction of sp³-hybridized carbons (Fsp3) is 0.500. The van der Waals surface area contributed by atoms with E-state index in [2.05, 4.69) is 20.5 Å². The number of nitrogens with one attached hydrogen (secondary N) is 3. The summed E-state index contributed by atoms with van der Waals surface area (Å²) in [4.78, 5) is 39.2. The summed E-state index contributed by atoms with van der Waals surface area (Å²) < 4.78 is 5.47. The first-order valence-corrected chi connectivity index (χ1v) is 8.15. The van der Waals surface area contributed by atoms with Gasteiger partial charge in [0.15, 0.2) is 5.76 Å². The van der Waals surface area contributed by atoms with E-state index in [0.29, 0.717) is 24.8 Å². The zero-order chi connectivity index (χ0) is 18.1. The van der Waals surface area contributed by atoms with Gasteiger partial charge in [0.05, 0.1) is 0 Å². The number of aromatic amines is 2. The molecule has 0 radical (unpaired) electrons. The third kappa shape index (κ3) is 3.65. The lowest BCUT2D eigenvalue weighted by atomic mass is 9.92. The Morgan fingerprint density at radius 1 is 1.44 bits per heavy atom. The van der Waals surface area contributed by atoms with Gasteiger partial charge in [0.2, 0.25) is 5.82 Å². The summed E-state index contributed by atoms with van der Waals surface area (Å²) in [5, 5.41) is 8.52. The largest absolute Gasteiger partial charge is 0.456 e. The van der Waals surface area contributed by atoms with E-state index in [9.17, 15) is 14.4 Å². The maximum absolute atomic E-state index is 12.3. The predicted molar refractivity (Wildman–Crippen MR) is 88.3 cm³/mol. The highest BCUT2D eigenvalue weighted by Gasteiger charge is 2.33. The molecule has 1 saturated heterocycles. The first-order valence-electron chi connectivity index (χ1n) is 8.15. The molecule has 2 amide bonds. The Balaban J connectivity index is 1.46. The number of amides is 2. The number of furan rings is 1. The molecule has 3 N–H and O–H groups in total. The molecular weight excluding hydrogens is 326 g/mol. The Morgan fingerprint density at radius 2 is 2.16 bits per heavy atom. The number of rotatable bonds is 5. The minimum absolute atomic E-state index is 0.0363. The van der Waals surface area contributed by atoms with Crippen LogP contribution in [0.3, 0.4) is 0 Å². The van der Waals surface area contributed by atoms with E-state index in [1.54, 1.807) is 11.0 Å². The van der Waals surface area contributed by atoms with Gasteiger partial charge in [-0.1, -0.05) is 0 Å². The average Bonchev–Trinajstić information content (AvgIpc) is 3.08. The molecular formula is C16H21N5O4. The Hall–Kier alpha value is -2.84. The van der Waals surface area contributed by atoms with E-state index in [-0.39, 0.29) is 17.8 Å². The molecule has 3 heterocycles. The van der Waals surface area contributed by atoms with Gasteiger partial charge in [-0.3, -0.25) is 14.6 Å². The monoisotopic (exact) mass is 347 g/mol. The Bertz CT molecular complexity index is 823. The summed E-state index contributed by atoms with van der Waals surface area (Å²) in [5.41, 5.74) is 0.447. The highest BCUT2D eigenvalue weighted by molar-refractivity contribution is 5.92. The van der Waals surface area contributed by atoms with E-state index >= 15 is 0 Å². The molecule has 1 atom stereocenters. The van der Waals surface area contributed by atoms with Crippen molar-refractivity contribution >= 4 is 11.8 Å². The van der Waals surface area contributed by atoms with Crippen LogP contribution in [0.4, 0.5) is 0 Å². The van der Waals surface area contributed by atoms with Crippen molar-refractivity contribution in [3.8, 4) is 0 Å². The average molecular weight is 347 g/mol. The van der Waals surface area contributed by atoms with Crippen molar-refractivity contribution in [2.45, 2.75) is 33.2 Å². The van der Waals surface area contributed by atoms with Gasteiger partial charge in [-0.15, -0.1) is 5.10 Å². The van der Waals surface area contributed by atoms with Crippen molar-refractivity contribution in [2.75, 3.05) is 13.1 Å². The Morgan fingerprint density at radius 3 is 2.72 bits per heavy atom. The summed E-state index contributed by atoms with van der Waals surface area (Å²) in [6, 6.07) is 1.67. The molecule has 2 aromatic heterocycles. The van der Waals surface area contributed by atoms with Crippen LogP contribution >= 0.6 is 0 Å². The number of likely N-dealkylation sites (tertiary alicyclic amines) is 1. The molecule has 1 unspecified atom stereocenters. The first kappa shape index (κ1) is 17.0. The molecule has 1 fully saturated rings. The maximum atomic E-state index is 12.3. The van der Waals surface area contributed by atoms with Crippen LogP contribution in [-0.4, -0.2) is 51.0 Å². The summed E-state index contributed by atoms with van der Waals surface area (Å²) in [5.74, 6) is 0.879. The normalized spacial score (nSPS) is 15.7. The molecule has 9 nitrogen and oxygen atoms in total. The maximum Gasteiger partial charge on any atom is 0.341 e. The Kier molecular flexibility index (Phi) is 4.47. The van der Waals surface area contributed by atoms with Gasteiger partial charge < -0.3 is 14.6 Å². The second-order valence-electron chi connectivity index (χ2n) is 6.56. The number of hydrogen-bond acceptors (Lipinski definition) is 5. The quantitative estimate of drug-likeness (QED) is 0.730. The molecule has 0 saturated carbocycles. The standard InChI is InChI=1S/C16H21N5O4/c1-8-4-12(25-10(8)3)15(23)21-6-11(7-21)5-9(2)17-14(22)13-18-16(24)20-19-13/h4,9,11H,5-7H2,1-3H3,(H,17,22)(H2,18,19,20,24). The van der Waals surface area contributed by atoms with E-state index in [0.717, 1.165) is 17.7 Å². The summed E-state index contributed by atoms with van der Waals surface area (Å²) in [6.07, 6.45) is 0.736. The zero-order valence-corrected chi connectivity index (χ0v) is 14.4. The van der Waals surface area contributed by atoms with Gasteiger partial charge in [-0.2, -0.15) is 0 Å². The third-order valence-electron chi connectivity index (χ3n) is 4.40. The third-order valence-corrected chi connectivity index (χ3v) is 4.40. The van der Waals surface area contributed by atoms with Crippen molar-refractivity contribution in [1.82, 2.24) is 25.4 Å². The van der Waals surface area contributed by atoms with E-state index in [1.165, 1.54) is 0 Å². The minimum Gasteiger partial charge on any atom is -0.456 e. The van der Waals surface area contributed by atoms with E-state index in [1.807, 2.05) is 20.8 Å². The number of H-pyrrole nitrogens is 2. The number of hydrogen-bond donors (Lipinski definition) is 3. The SMILES string of the molecule is Cc1cc(C(=O)N2CC(CC(C)NC(=O)c3n[nH]c(=O)[nH]3)C2)oc1C. The molecule has 2 aromatic rings. The summed E-state index contributed by atoms with van der Waals surface area (Å²) >= 11 is 0. The zero-order valence-electron chi connectivity index (χ0n) is 14.4. The molecule has 1 aliphatic heterocycles. The molecule has 134 valence electrons. The molecule has 0 spiro atoms.